The van der Waals surface area contributed by atoms with E-state index in [0.717, 1.165) is 31.2 Å². The van der Waals surface area contributed by atoms with Crippen LogP contribution in [0.2, 0.25) is 5.02 Å². The molecule has 2 atom stereocenters. The van der Waals surface area contributed by atoms with Gasteiger partial charge in [-0.1, -0.05) is 48.7 Å². The van der Waals surface area contributed by atoms with Gasteiger partial charge in [-0.2, -0.15) is 0 Å². The topological polar surface area (TPSA) is 60.9 Å². The number of hydrogen-bond acceptors (Lipinski definition) is 3. The summed E-state index contributed by atoms with van der Waals surface area (Å²) in [6, 6.07) is 14.6. The van der Waals surface area contributed by atoms with Crippen molar-refractivity contribution in [3.05, 3.63) is 82.4 Å². The summed E-state index contributed by atoms with van der Waals surface area (Å²) >= 11 is 5.99. The summed E-state index contributed by atoms with van der Waals surface area (Å²) < 4.78 is 0. The Kier molecular flexibility index (Phi) is 6.91. The molecule has 0 spiro atoms. The van der Waals surface area contributed by atoms with Gasteiger partial charge in [-0.15, -0.1) is 0 Å². The zero-order valence-electron chi connectivity index (χ0n) is 19.7. The number of fused-ring (bicyclic) bond motifs is 1. The molecule has 2 unspecified atom stereocenters. The molecule has 1 aliphatic carbocycles. The normalized spacial score (nSPS) is 22.2. The summed E-state index contributed by atoms with van der Waals surface area (Å²) in [6.07, 6.45) is 8.17. The Labute approximate surface area is 211 Å². The Morgan fingerprint density at radius 3 is 2.11 bits per heavy atom. The number of amides is 3. The Bertz CT molecular complexity index is 1120. The summed E-state index contributed by atoms with van der Waals surface area (Å²) in [5, 5.41) is 0.580. The van der Waals surface area contributed by atoms with Crippen LogP contribution in [0.1, 0.15) is 52.0 Å². The van der Waals surface area contributed by atoms with E-state index in [1.165, 1.54) is 0 Å². The SMILES string of the molecule is O=C(c1ccc(CN2C(=O)CN(C(=O)c3ccc(Cl)cc3)CC3CCCCC32)cc1)N1CC=CC1. The van der Waals surface area contributed by atoms with Crippen LogP contribution < -0.4 is 0 Å². The quantitative estimate of drug-likeness (QED) is 0.596. The number of rotatable bonds is 4. The van der Waals surface area contributed by atoms with E-state index in [2.05, 4.69) is 0 Å². The summed E-state index contributed by atoms with van der Waals surface area (Å²) in [6.45, 7) is 2.45. The first-order chi connectivity index (χ1) is 17.0. The highest BCUT2D eigenvalue weighted by Gasteiger charge is 2.39. The minimum absolute atomic E-state index is 0.0231. The molecule has 0 radical (unpaired) electrons. The molecule has 6 nitrogen and oxygen atoms in total. The van der Waals surface area contributed by atoms with E-state index in [-0.39, 0.29) is 36.2 Å². The monoisotopic (exact) mass is 491 g/mol. The summed E-state index contributed by atoms with van der Waals surface area (Å²) in [5.74, 6) is 0.136. The Morgan fingerprint density at radius 2 is 1.43 bits per heavy atom. The maximum absolute atomic E-state index is 13.5. The molecular formula is C28H30ClN3O3. The molecule has 0 bridgehead atoms. The van der Waals surface area contributed by atoms with Gasteiger partial charge in [0.25, 0.3) is 11.8 Å². The van der Waals surface area contributed by atoms with Crippen molar-refractivity contribution < 1.29 is 14.4 Å². The fourth-order valence-electron chi connectivity index (χ4n) is 5.51. The molecule has 1 saturated heterocycles. The first-order valence-corrected chi connectivity index (χ1v) is 12.7. The van der Waals surface area contributed by atoms with Crippen molar-refractivity contribution in [2.45, 2.75) is 38.3 Å². The molecule has 35 heavy (non-hydrogen) atoms. The van der Waals surface area contributed by atoms with Crippen LogP contribution in [0.5, 0.6) is 0 Å². The number of carbonyl (C=O) groups excluding carboxylic acids is 3. The summed E-state index contributed by atoms with van der Waals surface area (Å²) in [4.78, 5) is 44.8. The predicted molar refractivity (Wildman–Crippen MR) is 135 cm³/mol. The molecule has 7 heteroatoms. The molecule has 0 aromatic heterocycles. The van der Waals surface area contributed by atoms with Crippen LogP contribution in [0.3, 0.4) is 0 Å². The largest absolute Gasteiger partial charge is 0.334 e. The third kappa shape index (κ3) is 5.13. The van der Waals surface area contributed by atoms with E-state index in [9.17, 15) is 14.4 Å². The second kappa shape index (κ2) is 10.2. The lowest BCUT2D eigenvalue weighted by Gasteiger charge is -2.38. The Morgan fingerprint density at radius 1 is 0.829 bits per heavy atom. The lowest BCUT2D eigenvalue weighted by molar-refractivity contribution is -0.134. The van der Waals surface area contributed by atoms with Gasteiger partial charge in [0.1, 0.15) is 6.54 Å². The van der Waals surface area contributed by atoms with Gasteiger partial charge in [0.05, 0.1) is 0 Å². The molecule has 3 aliphatic rings. The van der Waals surface area contributed by atoms with Gasteiger partial charge < -0.3 is 14.7 Å². The molecule has 2 fully saturated rings. The van der Waals surface area contributed by atoms with Crippen molar-refractivity contribution >= 4 is 29.3 Å². The third-order valence-corrected chi connectivity index (χ3v) is 7.66. The van der Waals surface area contributed by atoms with Crippen LogP contribution in [0.4, 0.5) is 0 Å². The van der Waals surface area contributed by atoms with Crippen LogP contribution in [-0.4, -0.2) is 64.6 Å². The van der Waals surface area contributed by atoms with Crippen LogP contribution in [0.25, 0.3) is 0 Å². The summed E-state index contributed by atoms with van der Waals surface area (Å²) in [7, 11) is 0. The first kappa shape index (κ1) is 23.6. The van der Waals surface area contributed by atoms with Crippen LogP contribution >= 0.6 is 11.6 Å². The third-order valence-electron chi connectivity index (χ3n) is 7.41. The van der Waals surface area contributed by atoms with E-state index in [4.69, 9.17) is 11.6 Å². The van der Waals surface area contributed by atoms with Gasteiger partial charge in [0.2, 0.25) is 5.91 Å². The molecule has 0 N–H and O–H groups in total. The smallest absolute Gasteiger partial charge is 0.254 e. The zero-order valence-corrected chi connectivity index (χ0v) is 20.5. The van der Waals surface area contributed by atoms with Crippen molar-refractivity contribution in [3.63, 3.8) is 0 Å². The average Bonchev–Trinajstić information content (AvgIpc) is 3.38. The van der Waals surface area contributed by atoms with Crippen molar-refractivity contribution in [3.8, 4) is 0 Å². The van der Waals surface area contributed by atoms with E-state index >= 15 is 0 Å². The minimum atomic E-state index is -0.125. The van der Waals surface area contributed by atoms with Crippen molar-refractivity contribution in [2.75, 3.05) is 26.2 Å². The fraction of sp³-hybridized carbons (Fsp3) is 0.393. The highest BCUT2D eigenvalue weighted by Crippen LogP contribution is 2.33. The number of halogens is 1. The van der Waals surface area contributed by atoms with E-state index in [1.807, 2.05) is 41.3 Å². The van der Waals surface area contributed by atoms with Gasteiger partial charge in [-0.25, -0.2) is 0 Å². The van der Waals surface area contributed by atoms with Gasteiger partial charge in [-0.05, 0) is 60.7 Å². The van der Waals surface area contributed by atoms with Gasteiger partial charge in [0, 0.05) is 48.4 Å². The number of nitrogens with zero attached hydrogens (tertiary/aromatic N) is 3. The second-order valence-corrected chi connectivity index (χ2v) is 10.1. The van der Waals surface area contributed by atoms with Crippen LogP contribution in [0, 0.1) is 5.92 Å². The molecule has 2 aliphatic heterocycles. The van der Waals surface area contributed by atoms with E-state index < -0.39 is 0 Å². The summed E-state index contributed by atoms with van der Waals surface area (Å²) in [5.41, 5.74) is 2.21. The van der Waals surface area contributed by atoms with Crippen LogP contribution in [-0.2, 0) is 11.3 Å². The fourth-order valence-corrected chi connectivity index (χ4v) is 5.64. The molecule has 3 amide bonds. The molecular weight excluding hydrogens is 462 g/mol. The number of hydrogen-bond donors (Lipinski definition) is 0. The highest BCUT2D eigenvalue weighted by molar-refractivity contribution is 6.30. The molecule has 182 valence electrons. The van der Waals surface area contributed by atoms with Crippen molar-refractivity contribution in [2.24, 2.45) is 5.92 Å². The van der Waals surface area contributed by atoms with E-state index in [1.54, 1.807) is 34.1 Å². The highest BCUT2D eigenvalue weighted by atomic mass is 35.5. The second-order valence-electron chi connectivity index (χ2n) is 9.70. The van der Waals surface area contributed by atoms with Crippen molar-refractivity contribution in [1.82, 2.24) is 14.7 Å². The molecule has 2 aromatic carbocycles. The molecule has 5 rings (SSSR count). The predicted octanol–water partition coefficient (Wildman–Crippen LogP) is 4.40. The van der Waals surface area contributed by atoms with Gasteiger partial charge >= 0.3 is 0 Å². The van der Waals surface area contributed by atoms with E-state index in [0.29, 0.717) is 42.3 Å². The number of carbonyl (C=O) groups is 3. The lowest BCUT2D eigenvalue weighted by atomic mass is 9.83. The Hall–Kier alpha value is -3.12. The first-order valence-electron chi connectivity index (χ1n) is 12.4. The van der Waals surface area contributed by atoms with Crippen LogP contribution in [0.15, 0.2) is 60.7 Å². The van der Waals surface area contributed by atoms with Crippen molar-refractivity contribution in [1.29, 1.82) is 0 Å². The standard InChI is InChI=1S/C28H30ClN3O3/c29-24-13-11-22(12-14-24)28(35)31-18-23-5-1-2-6-25(23)32(26(33)19-31)17-20-7-9-21(10-8-20)27(34)30-15-3-4-16-30/h3-4,7-14,23,25H,1-2,5-6,15-19H2. The maximum atomic E-state index is 13.5. The average molecular weight is 492 g/mol. The van der Waals surface area contributed by atoms with Gasteiger partial charge in [0.15, 0.2) is 0 Å². The number of benzene rings is 2. The lowest BCUT2D eigenvalue weighted by Crippen LogP contribution is -2.45. The van der Waals surface area contributed by atoms with Gasteiger partial charge in [-0.3, -0.25) is 14.4 Å². The zero-order chi connectivity index (χ0) is 24.4. The maximum Gasteiger partial charge on any atom is 0.254 e. The minimum Gasteiger partial charge on any atom is -0.334 e. The Balaban J connectivity index is 1.33. The molecule has 1 saturated carbocycles. The molecule has 2 aromatic rings. The molecule has 2 heterocycles.